The van der Waals surface area contributed by atoms with Crippen molar-refractivity contribution in [3.8, 4) is 0 Å². The van der Waals surface area contributed by atoms with E-state index in [1.54, 1.807) is 6.92 Å². The summed E-state index contributed by atoms with van der Waals surface area (Å²) in [5, 5.41) is 0. The second kappa shape index (κ2) is 5.59. The number of nitrogens with one attached hydrogen (secondary N) is 1. The van der Waals surface area contributed by atoms with Gasteiger partial charge in [-0.2, -0.15) is 0 Å². The first-order valence-corrected chi connectivity index (χ1v) is 8.37. The number of nitrogen functional groups attached to an aromatic ring is 1. The number of hydrogen-bond acceptors (Lipinski definition) is 4. The lowest BCUT2D eigenvalue weighted by Crippen LogP contribution is -2.51. The number of halogens is 2. The van der Waals surface area contributed by atoms with E-state index in [0.717, 1.165) is 18.6 Å². The summed E-state index contributed by atoms with van der Waals surface area (Å²) >= 11 is 3.06. The number of rotatable bonds is 3. The largest absolute Gasteiger partial charge is 0.398 e. The number of hydrogen-bond donors (Lipinski definition) is 2. The van der Waals surface area contributed by atoms with Crippen LogP contribution >= 0.6 is 15.9 Å². The van der Waals surface area contributed by atoms with Crippen molar-refractivity contribution < 1.29 is 17.5 Å². The molecule has 1 aromatic rings. The number of ether oxygens (including phenoxy) is 1. The molecule has 8 heteroatoms. The van der Waals surface area contributed by atoms with Crippen molar-refractivity contribution in [3.63, 3.8) is 0 Å². The first kappa shape index (κ1) is 15.7. The van der Waals surface area contributed by atoms with Crippen LogP contribution in [0, 0.1) is 5.82 Å². The summed E-state index contributed by atoms with van der Waals surface area (Å²) in [5.74, 6) is -0.848. The Morgan fingerprint density at radius 3 is 2.80 bits per heavy atom. The molecule has 0 radical (unpaired) electrons. The average Bonchev–Trinajstić information content (AvgIpc) is 2.33. The van der Waals surface area contributed by atoms with Crippen LogP contribution in [-0.4, -0.2) is 27.2 Å². The van der Waals surface area contributed by atoms with E-state index in [1.807, 2.05) is 0 Å². The minimum Gasteiger partial charge on any atom is -0.398 e. The van der Waals surface area contributed by atoms with Gasteiger partial charge in [0.25, 0.3) is 0 Å². The monoisotopic (exact) mass is 366 g/mol. The molecule has 0 bridgehead atoms. The van der Waals surface area contributed by atoms with Crippen LogP contribution < -0.4 is 10.5 Å². The van der Waals surface area contributed by atoms with Gasteiger partial charge in [-0.3, -0.25) is 0 Å². The number of benzene rings is 1. The molecule has 1 atom stereocenters. The Balaban J connectivity index is 2.33. The van der Waals surface area contributed by atoms with Crippen molar-refractivity contribution in [1.82, 2.24) is 4.72 Å². The van der Waals surface area contributed by atoms with Gasteiger partial charge in [0, 0.05) is 16.8 Å². The van der Waals surface area contributed by atoms with Gasteiger partial charge in [-0.05, 0) is 47.8 Å². The van der Waals surface area contributed by atoms with Gasteiger partial charge < -0.3 is 10.5 Å². The molecule has 2 rings (SSSR count). The van der Waals surface area contributed by atoms with Crippen molar-refractivity contribution in [3.05, 3.63) is 22.4 Å². The lowest BCUT2D eigenvalue weighted by atomic mass is 9.97. The van der Waals surface area contributed by atoms with Crippen LogP contribution in [0.1, 0.15) is 19.8 Å². The third-order valence-corrected chi connectivity index (χ3v) is 5.50. The van der Waals surface area contributed by atoms with Gasteiger partial charge in [0.05, 0.1) is 12.1 Å². The molecule has 0 aliphatic carbocycles. The van der Waals surface area contributed by atoms with E-state index < -0.39 is 26.3 Å². The van der Waals surface area contributed by atoms with Crippen LogP contribution in [0.15, 0.2) is 21.5 Å². The molecule has 1 unspecified atom stereocenters. The Hall–Kier alpha value is -0.700. The molecular formula is C12H16BrFN2O3S. The Morgan fingerprint density at radius 2 is 2.20 bits per heavy atom. The topological polar surface area (TPSA) is 81.4 Å². The molecule has 1 aliphatic rings. The fourth-order valence-electron chi connectivity index (χ4n) is 2.14. The molecule has 0 aromatic heterocycles. The normalized spacial score (nSPS) is 23.8. The molecule has 0 spiro atoms. The zero-order valence-corrected chi connectivity index (χ0v) is 13.4. The van der Waals surface area contributed by atoms with Gasteiger partial charge in [0.2, 0.25) is 10.0 Å². The van der Waals surface area contributed by atoms with Crippen molar-refractivity contribution in [2.24, 2.45) is 0 Å². The first-order valence-electron chi connectivity index (χ1n) is 6.10. The average molecular weight is 367 g/mol. The molecule has 0 amide bonds. The quantitative estimate of drug-likeness (QED) is 0.801. The summed E-state index contributed by atoms with van der Waals surface area (Å²) in [6.45, 7) is 2.61. The lowest BCUT2D eigenvalue weighted by Gasteiger charge is -2.33. The minimum atomic E-state index is -3.99. The fourth-order valence-corrected chi connectivity index (χ4v) is 3.98. The first-order chi connectivity index (χ1) is 9.23. The van der Waals surface area contributed by atoms with Crippen LogP contribution in [0.4, 0.5) is 10.1 Å². The Bertz CT molecular complexity index is 615. The molecule has 5 nitrogen and oxygen atoms in total. The van der Waals surface area contributed by atoms with E-state index in [0.29, 0.717) is 17.5 Å². The number of nitrogens with two attached hydrogens (primary N) is 1. The standard InChI is InChI=1S/C12H16BrFN2O3S/c1-12(3-2-4-19-7-12)16-20(17,18)11-6-10(15)8(13)5-9(11)14/h5-6,16H,2-4,7,15H2,1H3. The second-order valence-corrected chi connectivity index (χ2v) is 7.63. The summed E-state index contributed by atoms with van der Waals surface area (Å²) in [4.78, 5) is -0.454. The Morgan fingerprint density at radius 1 is 1.50 bits per heavy atom. The molecule has 0 saturated carbocycles. The predicted molar refractivity (Wildman–Crippen MR) is 77.3 cm³/mol. The SMILES string of the molecule is CC1(NS(=O)(=O)c2cc(N)c(Br)cc2F)CCCOC1. The Kier molecular flexibility index (Phi) is 4.38. The molecule has 112 valence electrons. The Labute approximate surface area is 125 Å². The molecule has 3 N–H and O–H groups in total. The maximum absolute atomic E-state index is 13.9. The van der Waals surface area contributed by atoms with Crippen molar-refractivity contribution in [2.75, 3.05) is 18.9 Å². The summed E-state index contributed by atoms with van der Waals surface area (Å²) in [6.07, 6.45) is 1.39. The number of anilines is 1. The van der Waals surface area contributed by atoms with Crippen molar-refractivity contribution in [1.29, 1.82) is 0 Å². The van der Waals surface area contributed by atoms with E-state index in [-0.39, 0.29) is 12.3 Å². The third-order valence-electron chi connectivity index (χ3n) is 3.16. The molecule has 20 heavy (non-hydrogen) atoms. The highest BCUT2D eigenvalue weighted by Crippen LogP contribution is 2.28. The third kappa shape index (κ3) is 3.30. The van der Waals surface area contributed by atoms with Crippen molar-refractivity contribution in [2.45, 2.75) is 30.2 Å². The molecule has 1 aliphatic heterocycles. The van der Waals surface area contributed by atoms with E-state index in [9.17, 15) is 12.8 Å². The maximum Gasteiger partial charge on any atom is 0.244 e. The summed E-state index contributed by atoms with van der Waals surface area (Å²) in [6, 6.07) is 2.15. The summed E-state index contributed by atoms with van der Waals surface area (Å²) in [5.41, 5.74) is 5.05. The van der Waals surface area contributed by atoms with Crippen LogP contribution in [0.3, 0.4) is 0 Å². The van der Waals surface area contributed by atoms with Gasteiger partial charge in [-0.15, -0.1) is 0 Å². The molecule has 1 fully saturated rings. The van der Waals surface area contributed by atoms with Gasteiger partial charge >= 0.3 is 0 Å². The lowest BCUT2D eigenvalue weighted by molar-refractivity contribution is 0.0386. The predicted octanol–water partition coefficient (Wildman–Crippen LogP) is 2.02. The van der Waals surface area contributed by atoms with E-state index in [4.69, 9.17) is 10.5 Å². The highest BCUT2D eigenvalue weighted by molar-refractivity contribution is 9.10. The van der Waals surface area contributed by atoms with Crippen LogP contribution in [0.5, 0.6) is 0 Å². The van der Waals surface area contributed by atoms with Gasteiger partial charge in [0.1, 0.15) is 10.7 Å². The maximum atomic E-state index is 13.9. The zero-order chi connectivity index (χ0) is 15.0. The van der Waals surface area contributed by atoms with E-state index in [1.165, 1.54) is 0 Å². The van der Waals surface area contributed by atoms with Crippen LogP contribution in [0.2, 0.25) is 0 Å². The van der Waals surface area contributed by atoms with Gasteiger partial charge in [-0.1, -0.05) is 0 Å². The summed E-state index contributed by atoms with van der Waals surface area (Å²) < 4.78 is 46.6. The second-order valence-electron chi connectivity index (χ2n) is 5.13. The molecule has 1 aromatic carbocycles. The van der Waals surface area contributed by atoms with E-state index >= 15 is 0 Å². The van der Waals surface area contributed by atoms with E-state index in [2.05, 4.69) is 20.7 Å². The van der Waals surface area contributed by atoms with Gasteiger partial charge in [0.15, 0.2) is 0 Å². The molecule has 1 heterocycles. The zero-order valence-electron chi connectivity index (χ0n) is 10.9. The minimum absolute atomic E-state index is 0.164. The highest BCUT2D eigenvalue weighted by atomic mass is 79.9. The summed E-state index contributed by atoms with van der Waals surface area (Å²) in [7, 11) is -3.99. The fraction of sp³-hybridized carbons (Fsp3) is 0.500. The van der Waals surface area contributed by atoms with Crippen LogP contribution in [-0.2, 0) is 14.8 Å². The van der Waals surface area contributed by atoms with Crippen LogP contribution in [0.25, 0.3) is 0 Å². The molecule has 1 saturated heterocycles. The van der Waals surface area contributed by atoms with Gasteiger partial charge in [-0.25, -0.2) is 17.5 Å². The molecular weight excluding hydrogens is 351 g/mol. The van der Waals surface area contributed by atoms with Crippen molar-refractivity contribution >= 4 is 31.6 Å². The smallest absolute Gasteiger partial charge is 0.244 e. The highest BCUT2D eigenvalue weighted by Gasteiger charge is 2.34. The number of sulfonamides is 1.